The first-order chi connectivity index (χ1) is 10.8. The Bertz CT molecular complexity index is 549. The van der Waals surface area contributed by atoms with Gasteiger partial charge in [0.15, 0.2) is 0 Å². The van der Waals surface area contributed by atoms with Crippen LogP contribution < -0.4 is 9.80 Å². The summed E-state index contributed by atoms with van der Waals surface area (Å²) < 4.78 is 0. The van der Waals surface area contributed by atoms with Gasteiger partial charge in [0.05, 0.1) is 11.4 Å². The maximum absolute atomic E-state index is 12.5. The molecule has 0 atom stereocenters. The minimum atomic E-state index is 0.296. The fourth-order valence-electron chi connectivity index (χ4n) is 3.70. The van der Waals surface area contributed by atoms with Crippen molar-refractivity contribution < 1.29 is 4.79 Å². The Hall–Kier alpha value is -1.55. The van der Waals surface area contributed by atoms with Crippen LogP contribution in [0.2, 0.25) is 0 Å². The zero-order valence-corrected chi connectivity index (χ0v) is 13.2. The van der Waals surface area contributed by atoms with Crippen LogP contribution in [0.3, 0.4) is 0 Å². The van der Waals surface area contributed by atoms with Crippen LogP contribution in [0.25, 0.3) is 0 Å². The van der Waals surface area contributed by atoms with Crippen LogP contribution >= 0.6 is 0 Å². The van der Waals surface area contributed by atoms with E-state index in [0.29, 0.717) is 11.8 Å². The second kappa shape index (κ2) is 5.92. The topological polar surface area (TPSA) is 26.8 Å². The fourth-order valence-corrected chi connectivity index (χ4v) is 3.70. The van der Waals surface area contributed by atoms with E-state index in [1.807, 2.05) is 4.90 Å². The van der Waals surface area contributed by atoms with Gasteiger partial charge >= 0.3 is 0 Å². The molecule has 2 aliphatic heterocycles. The van der Waals surface area contributed by atoms with Crippen molar-refractivity contribution in [2.45, 2.75) is 25.7 Å². The molecule has 0 aromatic heterocycles. The average Bonchev–Trinajstić information content (AvgIpc) is 3.28. The minimum Gasteiger partial charge on any atom is -0.367 e. The Morgan fingerprint density at radius 3 is 2.41 bits per heavy atom. The van der Waals surface area contributed by atoms with Crippen LogP contribution in [0.1, 0.15) is 25.7 Å². The summed E-state index contributed by atoms with van der Waals surface area (Å²) >= 11 is 0. The molecule has 118 valence electrons. The molecule has 2 fully saturated rings. The van der Waals surface area contributed by atoms with Crippen LogP contribution in [-0.2, 0) is 4.79 Å². The first-order valence-electron chi connectivity index (χ1n) is 8.70. The molecule has 1 saturated heterocycles. The van der Waals surface area contributed by atoms with Crippen LogP contribution in [0.4, 0.5) is 11.4 Å². The molecule has 0 spiro atoms. The number of likely N-dealkylation sites (tertiary alicyclic amines) is 1. The second-order valence-corrected chi connectivity index (χ2v) is 6.79. The number of carbonyl (C=O) groups is 1. The van der Waals surface area contributed by atoms with Crippen molar-refractivity contribution in [2.75, 3.05) is 49.1 Å². The highest BCUT2D eigenvalue weighted by atomic mass is 16.2. The van der Waals surface area contributed by atoms with E-state index in [-0.39, 0.29) is 0 Å². The van der Waals surface area contributed by atoms with E-state index in [4.69, 9.17) is 0 Å². The summed E-state index contributed by atoms with van der Waals surface area (Å²) in [5.41, 5.74) is 2.36. The number of anilines is 2. The molecule has 0 bridgehead atoms. The van der Waals surface area contributed by atoms with Crippen LogP contribution in [0, 0.1) is 5.92 Å². The quantitative estimate of drug-likeness (QED) is 0.854. The van der Waals surface area contributed by atoms with Gasteiger partial charge in [-0.2, -0.15) is 0 Å². The number of rotatable bonds is 4. The largest absolute Gasteiger partial charge is 0.367 e. The molecule has 4 rings (SSSR count). The first-order valence-corrected chi connectivity index (χ1v) is 8.70. The highest BCUT2D eigenvalue weighted by Crippen LogP contribution is 2.38. The molecular weight excluding hydrogens is 274 g/mol. The average molecular weight is 299 g/mol. The summed E-state index contributed by atoms with van der Waals surface area (Å²) in [6.45, 7) is 6.52. The van der Waals surface area contributed by atoms with Gasteiger partial charge in [0.1, 0.15) is 0 Å². The van der Waals surface area contributed by atoms with Gasteiger partial charge in [0.2, 0.25) is 5.91 Å². The van der Waals surface area contributed by atoms with E-state index in [0.717, 1.165) is 44.7 Å². The standard InChI is InChI=1S/C18H25N3O/c22-18(15-7-8-15)21-14-13-20(12-11-19-9-3-4-10-19)16-5-1-2-6-17(16)21/h1-2,5-6,15H,3-4,7-14H2. The summed E-state index contributed by atoms with van der Waals surface area (Å²) in [7, 11) is 0. The fraction of sp³-hybridized carbons (Fsp3) is 0.611. The Morgan fingerprint density at radius 2 is 1.68 bits per heavy atom. The lowest BCUT2D eigenvalue weighted by Gasteiger charge is -2.38. The lowest BCUT2D eigenvalue weighted by molar-refractivity contribution is -0.119. The molecule has 1 aromatic rings. The zero-order valence-electron chi connectivity index (χ0n) is 13.2. The van der Waals surface area contributed by atoms with Crippen molar-refractivity contribution >= 4 is 17.3 Å². The lowest BCUT2D eigenvalue weighted by atomic mass is 10.1. The number of fused-ring (bicyclic) bond motifs is 1. The van der Waals surface area contributed by atoms with Gasteiger partial charge in [0.25, 0.3) is 0 Å². The normalized spacial score (nSPS) is 22.0. The van der Waals surface area contributed by atoms with Crippen molar-refractivity contribution in [3.8, 4) is 0 Å². The second-order valence-electron chi connectivity index (χ2n) is 6.79. The summed E-state index contributed by atoms with van der Waals surface area (Å²) in [6, 6.07) is 8.42. The predicted molar refractivity (Wildman–Crippen MR) is 89.4 cm³/mol. The maximum Gasteiger partial charge on any atom is 0.230 e. The summed E-state index contributed by atoms with van der Waals surface area (Å²) in [5.74, 6) is 0.635. The zero-order chi connectivity index (χ0) is 14.9. The van der Waals surface area contributed by atoms with Crippen molar-refractivity contribution in [1.29, 1.82) is 0 Å². The van der Waals surface area contributed by atoms with Crippen molar-refractivity contribution in [1.82, 2.24) is 4.90 Å². The van der Waals surface area contributed by atoms with E-state index >= 15 is 0 Å². The Morgan fingerprint density at radius 1 is 0.955 bits per heavy atom. The number of amides is 1. The van der Waals surface area contributed by atoms with E-state index in [1.165, 1.54) is 31.6 Å². The third kappa shape index (κ3) is 2.72. The number of hydrogen-bond acceptors (Lipinski definition) is 3. The minimum absolute atomic E-state index is 0.296. The Kier molecular flexibility index (Phi) is 3.78. The number of nitrogens with zero attached hydrogens (tertiary/aromatic N) is 3. The molecule has 2 heterocycles. The summed E-state index contributed by atoms with van der Waals surface area (Å²) in [6.07, 6.45) is 4.85. The number of carbonyl (C=O) groups excluding carboxylic acids is 1. The number of benzene rings is 1. The Labute approximate surface area is 132 Å². The third-order valence-electron chi connectivity index (χ3n) is 5.18. The van der Waals surface area contributed by atoms with Gasteiger partial charge in [-0.3, -0.25) is 4.79 Å². The molecule has 0 N–H and O–H groups in total. The molecule has 1 aromatic carbocycles. The van der Waals surface area contributed by atoms with Crippen LogP contribution in [0.15, 0.2) is 24.3 Å². The van der Waals surface area contributed by atoms with E-state index in [9.17, 15) is 4.79 Å². The number of hydrogen-bond donors (Lipinski definition) is 0. The monoisotopic (exact) mass is 299 g/mol. The molecule has 0 unspecified atom stereocenters. The van der Waals surface area contributed by atoms with Crippen molar-refractivity contribution in [2.24, 2.45) is 5.92 Å². The Balaban J connectivity index is 1.49. The maximum atomic E-state index is 12.5. The molecular formula is C18H25N3O. The number of para-hydroxylation sites is 2. The SMILES string of the molecule is O=C(C1CC1)N1CCN(CCN2CCCC2)c2ccccc21. The van der Waals surface area contributed by atoms with E-state index < -0.39 is 0 Å². The molecule has 1 aliphatic carbocycles. The predicted octanol–water partition coefficient (Wildman–Crippen LogP) is 2.35. The lowest BCUT2D eigenvalue weighted by Crippen LogP contribution is -2.46. The highest BCUT2D eigenvalue weighted by molar-refractivity contribution is 6.00. The van der Waals surface area contributed by atoms with Crippen molar-refractivity contribution in [3.63, 3.8) is 0 Å². The molecule has 4 heteroatoms. The van der Waals surface area contributed by atoms with E-state index in [2.05, 4.69) is 34.1 Å². The smallest absolute Gasteiger partial charge is 0.230 e. The van der Waals surface area contributed by atoms with Gasteiger partial charge < -0.3 is 14.7 Å². The molecule has 0 radical (unpaired) electrons. The van der Waals surface area contributed by atoms with Crippen molar-refractivity contribution in [3.05, 3.63) is 24.3 Å². The van der Waals surface area contributed by atoms with Crippen LogP contribution in [0.5, 0.6) is 0 Å². The third-order valence-corrected chi connectivity index (χ3v) is 5.18. The van der Waals surface area contributed by atoms with Gasteiger partial charge in [0, 0.05) is 32.1 Å². The summed E-state index contributed by atoms with van der Waals surface area (Å²) in [4.78, 5) is 19.5. The first kappa shape index (κ1) is 14.1. The highest BCUT2D eigenvalue weighted by Gasteiger charge is 2.36. The molecule has 22 heavy (non-hydrogen) atoms. The van der Waals surface area contributed by atoms with Gasteiger partial charge in [-0.1, -0.05) is 12.1 Å². The van der Waals surface area contributed by atoms with Gasteiger partial charge in [-0.25, -0.2) is 0 Å². The molecule has 3 aliphatic rings. The molecule has 1 amide bonds. The van der Waals surface area contributed by atoms with Crippen LogP contribution in [-0.4, -0.2) is 50.1 Å². The van der Waals surface area contributed by atoms with Gasteiger partial charge in [-0.05, 0) is 50.9 Å². The molecule has 1 saturated carbocycles. The van der Waals surface area contributed by atoms with E-state index in [1.54, 1.807) is 0 Å². The summed E-state index contributed by atoms with van der Waals surface area (Å²) in [5, 5.41) is 0. The van der Waals surface area contributed by atoms with Gasteiger partial charge in [-0.15, -0.1) is 0 Å². The molecule has 4 nitrogen and oxygen atoms in total.